The maximum absolute atomic E-state index is 12.1. The maximum Gasteiger partial charge on any atom is 0.222 e. The van der Waals surface area contributed by atoms with Crippen molar-refractivity contribution in [2.45, 2.75) is 25.7 Å². The van der Waals surface area contributed by atoms with E-state index in [1.807, 2.05) is 4.90 Å². The number of carbonyl (C=O) groups is 1. The Morgan fingerprint density at radius 3 is 2.68 bits per heavy atom. The number of likely N-dealkylation sites (tertiary alicyclic amines) is 1. The molecule has 0 radical (unpaired) electrons. The number of carbonyl (C=O) groups excluding carboxylic acids is 1. The highest BCUT2D eigenvalue weighted by atomic mass is 35.5. The molecule has 1 aliphatic rings. The van der Waals surface area contributed by atoms with Crippen molar-refractivity contribution in [2.75, 3.05) is 26.3 Å². The Hall–Kier alpha value is -0.970. The number of hydrogen-bond acceptors (Lipinski definition) is 3. The number of aliphatic hydroxyl groups excluding tert-OH is 1. The molecule has 2 rings (SSSR count). The highest BCUT2D eigenvalue weighted by molar-refractivity contribution is 6.35. The molecule has 1 heterocycles. The minimum Gasteiger partial charge on any atom is -0.492 e. The second-order valence-electron chi connectivity index (χ2n) is 5.53. The van der Waals surface area contributed by atoms with Gasteiger partial charge in [-0.15, -0.1) is 0 Å². The van der Waals surface area contributed by atoms with Crippen molar-refractivity contribution < 1.29 is 14.6 Å². The van der Waals surface area contributed by atoms with E-state index in [-0.39, 0.29) is 12.5 Å². The number of halogens is 2. The van der Waals surface area contributed by atoms with Crippen molar-refractivity contribution in [3.63, 3.8) is 0 Å². The monoisotopic (exact) mass is 345 g/mol. The Kier molecular flexibility index (Phi) is 6.80. The van der Waals surface area contributed by atoms with Crippen LogP contribution in [-0.4, -0.2) is 42.2 Å². The van der Waals surface area contributed by atoms with Gasteiger partial charge in [0, 0.05) is 31.1 Å². The van der Waals surface area contributed by atoms with Gasteiger partial charge in [-0.25, -0.2) is 0 Å². The first kappa shape index (κ1) is 17.4. The topological polar surface area (TPSA) is 49.8 Å². The Morgan fingerprint density at radius 1 is 1.32 bits per heavy atom. The first-order chi connectivity index (χ1) is 10.6. The summed E-state index contributed by atoms with van der Waals surface area (Å²) in [6.45, 7) is 2.15. The van der Waals surface area contributed by atoms with Gasteiger partial charge in [-0.1, -0.05) is 23.2 Å². The SMILES string of the molecule is O=C(CCCOc1ccc(Cl)cc1Cl)N1CCC(CO)CC1. The lowest BCUT2D eigenvalue weighted by Crippen LogP contribution is -2.39. The van der Waals surface area contributed by atoms with Crippen LogP contribution in [0.25, 0.3) is 0 Å². The van der Waals surface area contributed by atoms with Crippen LogP contribution in [0.15, 0.2) is 18.2 Å². The van der Waals surface area contributed by atoms with Gasteiger partial charge in [0.25, 0.3) is 0 Å². The highest BCUT2D eigenvalue weighted by Gasteiger charge is 2.21. The van der Waals surface area contributed by atoms with Gasteiger partial charge in [-0.2, -0.15) is 0 Å². The molecule has 0 unspecified atom stereocenters. The van der Waals surface area contributed by atoms with Crippen molar-refractivity contribution in [3.8, 4) is 5.75 Å². The number of amides is 1. The number of ether oxygens (including phenoxy) is 1. The molecule has 6 heteroatoms. The van der Waals surface area contributed by atoms with Gasteiger partial charge in [0.15, 0.2) is 0 Å². The summed E-state index contributed by atoms with van der Waals surface area (Å²) in [4.78, 5) is 14.0. The molecule has 1 amide bonds. The van der Waals surface area contributed by atoms with Crippen LogP contribution in [-0.2, 0) is 4.79 Å². The van der Waals surface area contributed by atoms with Gasteiger partial charge in [-0.05, 0) is 43.4 Å². The van der Waals surface area contributed by atoms with Gasteiger partial charge >= 0.3 is 0 Å². The summed E-state index contributed by atoms with van der Waals surface area (Å²) < 4.78 is 5.57. The summed E-state index contributed by atoms with van der Waals surface area (Å²) in [6, 6.07) is 5.08. The minimum absolute atomic E-state index is 0.155. The zero-order valence-electron chi connectivity index (χ0n) is 12.4. The average Bonchev–Trinajstić information content (AvgIpc) is 2.53. The van der Waals surface area contributed by atoms with Crippen molar-refractivity contribution in [1.29, 1.82) is 0 Å². The van der Waals surface area contributed by atoms with E-state index in [1.165, 1.54) is 0 Å². The Morgan fingerprint density at radius 2 is 2.05 bits per heavy atom. The highest BCUT2D eigenvalue weighted by Crippen LogP contribution is 2.27. The average molecular weight is 346 g/mol. The molecule has 1 fully saturated rings. The number of nitrogens with zero attached hydrogens (tertiary/aromatic N) is 1. The predicted octanol–water partition coefficient (Wildman–Crippen LogP) is 3.38. The summed E-state index contributed by atoms with van der Waals surface area (Å²) in [7, 11) is 0. The Balaban J connectivity index is 1.67. The fraction of sp³-hybridized carbons (Fsp3) is 0.562. The second-order valence-corrected chi connectivity index (χ2v) is 6.38. The normalized spacial score (nSPS) is 15.9. The molecular formula is C16H21Cl2NO3. The van der Waals surface area contributed by atoms with E-state index in [2.05, 4.69) is 0 Å². The van der Waals surface area contributed by atoms with Gasteiger partial charge in [-0.3, -0.25) is 4.79 Å². The van der Waals surface area contributed by atoms with Crippen molar-refractivity contribution in [2.24, 2.45) is 5.92 Å². The number of hydrogen-bond donors (Lipinski definition) is 1. The number of benzene rings is 1. The largest absolute Gasteiger partial charge is 0.492 e. The van der Waals surface area contributed by atoms with Crippen LogP contribution in [0.3, 0.4) is 0 Å². The molecule has 0 spiro atoms. The molecule has 1 aromatic carbocycles. The third kappa shape index (κ3) is 5.04. The summed E-state index contributed by atoms with van der Waals surface area (Å²) in [5.74, 6) is 1.09. The van der Waals surface area contributed by atoms with E-state index in [4.69, 9.17) is 33.0 Å². The Labute approximate surface area is 141 Å². The zero-order chi connectivity index (χ0) is 15.9. The third-order valence-corrected chi connectivity index (χ3v) is 4.44. The molecule has 0 aromatic heterocycles. The predicted molar refractivity (Wildman–Crippen MR) is 87.6 cm³/mol. The van der Waals surface area contributed by atoms with Gasteiger partial charge < -0.3 is 14.7 Å². The van der Waals surface area contributed by atoms with Crippen molar-refractivity contribution in [3.05, 3.63) is 28.2 Å². The minimum atomic E-state index is 0.155. The van der Waals surface area contributed by atoms with Gasteiger partial charge in [0.2, 0.25) is 5.91 Å². The van der Waals surface area contributed by atoms with Gasteiger partial charge in [0.1, 0.15) is 5.75 Å². The molecule has 1 N–H and O–H groups in total. The quantitative estimate of drug-likeness (QED) is 0.804. The standard InChI is InChI=1S/C16H21Cl2NO3/c17-13-3-4-15(14(18)10-13)22-9-1-2-16(21)19-7-5-12(11-20)6-8-19/h3-4,10,12,20H,1-2,5-9,11H2. The van der Waals surface area contributed by atoms with Crippen molar-refractivity contribution >= 4 is 29.1 Å². The molecule has 22 heavy (non-hydrogen) atoms. The molecule has 122 valence electrons. The van der Waals surface area contributed by atoms with E-state index in [9.17, 15) is 4.79 Å². The van der Waals surface area contributed by atoms with Crippen LogP contribution in [0.5, 0.6) is 5.75 Å². The molecule has 4 nitrogen and oxygen atoms in total. The third-order valence-electron chi connectivity index (χ3n) is 3.91. The van der Waals surface area contributed by atoms with E-state index < -0.39 is 0 Å². The molecule has 1 aliphatic heterocycles. The van der Waals surface area contributed by atoms with Crippen LogP contribution in [0.1, 0.15) is 25.7 Å². The summed E-state index contributed by atoms with van der Waals surface area (Å²) in [5, 5.41) is 10.1. The molecule has 0 saturated carbocycles. The molecule has 0 atom stereocenters. The molecule has 0 aliphatic carbocycles. The molecule has 0 bridgehead atoms. The molecule has 1 aromatic rings. The first-order valence-electron chi connectivity index (χ1n) is 7.56. The Bertz CT molecular complexity index is 502. The van der Waals surface area contributed by atoms with Gasteiger partial charge in [0.05, 0.1) is 11.6 Å². The lowest BCUT2D eigenvalue weighted by atomic mass is 9.97. The van der Waals surface area contributed by atoms with Crippen LogP contribution >= 0.6 is 23.2 Å². The van der Waals surface area contributed by atoms with Crippen LogP contribution in [0, 0.1) is 5.92 Å². The summed E-state index contributed by atoms with van der Waals surface area (Å²) in [5.41, 5.74) is 0. The number of aliphatic hydroxyl groups is 1. The lowest BCUT2D eigenvalue weighted by Gasteiger charge is -2.31. The summed E-state index contributed by atoms with van der Waals surface area (Å²) >= 11 is 11.8. The second kappa shape index (κ2) is 8.61. The number of piperidine rings is 1. The fourth-order valence-corrected chi connectivity index (χ4v) is 2.98. The van der Waals surface area contributed by atoms with Crippen LogP contribution in [0.2, 0.25) is 10.0 Å². The number of rotatable bonds is 6. The molecule has 1 saturated heterocycles. The fourth-order valence-electron chi connectivity index (χ4n) is 2.52. The zero-order valence-corrected chi connectivity index (χ0v) is 13.9. The summed E-state index contributed by atoms with van der Waals surface area (Å²) in [6.07, 6.45) is 2.89. The van der Waals surface area contributed by atoms with E-state index in [0.29, 0.717) is 41.2 Å². The molecular weight excluding hydrogens is 325 g/mol. The van der Waals surface area contributed by atoms with E-state index >= 15 is 0 Å². The van der Waals surface area contributed by atoms with Crippen molar-refractivity contribution in [1.82, 2.24) is 4.90 Å². The van der Waals surface area contributed by atoms with E-state index in [1.54, 1.807) is 18.2 Å². The first-order valence-corrected chi connectivity index (χ1v) is 8.32. The van der Waals surface area contributed by atoms with E-state index in [0.717, 1.165) is 25.9 Å². The lowest BCUT2D eigenvalue weighted by molar-refractivity contribution is -0.133. The van der Waals surface area contributed by atoms with Crippen LogP contribution in [0.4, 0.5) is 0 Å². The maximum atomic E-state index is 12.1. The van der Waals surface area contributed by atoms with Crippen LogP contribution < -0.4 is 4.74 Å². The smallest absolute Gasteiger partial charge is 0.222 e.